The van der Waals surface area contributed by atoms with Crippen LogP contribution in [0.3, 0.4) is 0 Å². The second-order valence-electron chi connectivity index (χ2n) is 13.8. The summed E-state index contributed by atoms with van der Waals surface area (Å²) in [6, 6.07) is 31.8. The predicted molar refractivity (Wildman–Crippen MR) is 244 cm³/mol. The van der Waals surface area contributed by atoms with Crippen LogP contribution in [-0.4, -0.2) is 62.8 Å². The predicted octanol–water partition coefficient (Wildman–Crippen LogP) is -1.87. The Morgan fingerprint density at radius 3 is 0.979 bits per heavy atom. The van der Waals surface area contributed by atoms with Gasteiger partial charge in [-0.2, -0.15) is 0 Å². The van der Waals surface area contributed by atoms with Gasteiger partial charge in [0.25, 0.3) is 0 Å². The van der Waals surface area contributed by atoms with E-state index >= 15 is 0 Å². The van der Waals surface area contributed by atoms with Crippen LogP contribution in [0.15, 0.2) is 84.9 Å². The molecule has 9 aromatic rings. The molecule has 2 aromatic heterocycles. The summed E-state index contributed by atoms with van der Waals surface area (Å²) in [7, 11) is 18.8. The largest absolute Gasteiger partial charge is 0.139 e. The van der Waals surface area contributed by atoms with Gasteiger partial charge in [0.05, 0.1) is 0 Å². The summed E-state index contributed by atoms with van der Waals surface area (Å²) in [6.07, 6.45) is 0. The summed E-state index contributed by atoms with van der Waals surface area (Å²) in [5.41, 5.74) is 16.7. The third-order valence-corrected chi connectivity index (χ3v) is 14.2. The summed E-state index contributed by atoms with van der Waals surface area (Å²) < 4.78 is 5.46. The fourth-order valence-electron chi connectivity index (χ4n) is 8.55. The average Bonchev–Trinajstić information content (AvgIpc) is 3.69. The van der Waals surface area contributed by atoms with Crippen molar-refractivity contribution in [2.45, 2.75) is 0 Å². The first-order valence-corrected chi connectivity index (χ1v) is 18.6. The molecule has 7 aromatic carbocycles. The Kier molecular flexibility index (Phi) is 6.75. The van der Waals surface area contributed by atoms with E-state index in [2.05, 4.69) is 148 Å². The van der Waals surface area contributed by atoms with E-state index in [0.29, 0.717) is 0 Å². The Hall–Kier alpha value is -3.98. The van der Waals surface area contributed by atoms with Crippen molar-refractivity contribution >= 4 is 191 Å². The molecule has 0 saturated carbocycles. The van der Waals surface area contributed by atoms with Crippen molar-refractivity contribution in [1.82, 2.24) is 0 Å². The molecule has 0 atom stereocenters. The first kappa shape index (κ1) is 30.1. The van der Waals surface area contributed by atoms with Crippen molar-refractivity contribution in [2.75, 3.05) is 0 Å². The van der Waals surface area contributed by atoms with Crippen molar-refractivity contribution in [1.29, 1.82) is 0 Å². The van der Waals surface area contributed by atoms with Crippen molar-refractivity contribution in [3.05, 3.63) is 84.9 Å². The minimum Gasteiger partial charge on any atom is -0.135 e. The first-order valence-electron chi connectivity index (χ1n) is 17.0. The third kappa shape index (κ3) is 3.94. The first-order chi connectivity index (χ1) is 23.2. The standard InChI is InChI=1S/C38H30B8S2/c39-29-25-23(19-11-5-9-17-15-7-1-3-13-21(15)47-37(17)19)26-28(32(42)36(46)34(44)30(26)40)24(27(25)31(41)35(45)33(29)43)20-12-6-10-18-16-8-2-4-14-22(16)48-38(18)20/h1-14H,39-46H2. The van der Waals surface area contributed by atoms with Crippen LogP contribution in [0.1, 0.15) is 0 Å². The van der Waals surface area contributed by atoms with Gasteiger partial charge in [0, 0.05) is 51.5 Å². The molecular formula is C38H30B8S2. The van der Waals surface area contributed by atoms with Crippen molar-refractivity contribution < 1.29 is 0 Å². The monoisotopic (exact) mass is 638 g/mol. The van der Waals surface area contributed by atoms with Crippen LogP contribution >= 0.6 is 22.7 Å². The summed E-state index contributed by atoms with van der Waals surface area (Å²) in [5, 5.41) is 11.0. The van der Waals surface area contributed by atoms with Gasteiger partial charge >= 0.3 is 0 Å². The molecule has 0 saturated heterocycles. The fourth-order valence-corrected chi connectivity index (χ4v) is 11.0. The van der Waals surface area contributed by atoms with Crippen LogP contribution in [0, 0.1) is 0 Å². The molecule has 10 heteroatoms. The van der Waals surface area contributed by atoms with Gasteiger partial charge in [-0.25, -0.2) is 0 Å². The van der Waals surface area contributed by atoms with Crippen LogP contribution < -0.4 is 43.7 Å². The number of fused-ring (bicyclic) bond motifs is 8. The lowest BCUT2D eigenvalue weighted by atomic mass is 9.59. The zero-order valence-electron chi connectivity index (χ0n) is 28.9. The van der Waals surface area contributed by atoms with E-state index in [1.54, 1.807) is 0 Å². The Balaban J connectivity index is 1.61. The molecule has 0 radical (unpaired) electrons. The zero-order valence-corrected chi connectivity index (χ0v) is 30.5. The Labute approximate surface area is 296 Å². The van der Waals surface area contributed by atoms with E-state index in [4.69, 9.17) is 0 Å². The van der Waals surface area contributed by atoms with E-state index in [-0.39, 0.29) is 0 Å². The molecule has 2 heterocycles. The lowest BCUT2D eigenvalue weighted by Crippen LogP contribution is -2.50. The van der Waals surface area contributed by atoms with E-state index in [1.165, 1.54) is 128 Å². The second-order valence-corrected chi connectivity index (χ2v) is 15.9. The van der Waals surface area contributed by atoms with E-state index in [0.717, 1.165) is 0 Å². The maximum atomic E-state index is 2.40. The number of thiophene rings is 2. The van der Waals surface area contributed by atoms with Crippen molar-refractivity contribution in [3.63, 3.8) is 0 Å². The van der Waals surface area contributed by atoms with E-state index in [9.17, 15) is 0 Å². The lowest BCUT2D eigenvalue weighted by Gasteiger charge is -2.28. The normalized spacial score (nSPS) is 12.0. The minimum atomic E-state index is 1.35. The summed E-state index contributed by atoms with van der Waals surface area (Å²) in [4.78, 5) is 0. The van der Waals surface area contributed by atoms with Gasteiger partial charge < -0.3 is 0 Å². The molecule has 0 spiro atoms. The highest BCUT2D eigenvalue weighted by Gasteiger charge is 2.27. The minimum absolute atomic E-state index is 1.35. The highest BCUT2D eigenvalue weighted by atomic mass is 32.1. The number of hydrogen-bond acceptors (Lipinski definition) is 2. The van der Waals surface area contributed by atoms with Crippen LogP contribution in [0.2, 0.25) is 0 Å². The number of hydrogen-bond donors (Lipinski definition) is 0. The maximum Gasteiger partial charge on any atom is 0.139 e. The molecule has 0 aliphatic rings. The molecule has 0 aliphatic heterocycles. The molecule has 48 heavy (non-hydrogen) atoms. The third-order valence-electron chi connectivity index (χ3n) is 11.7. The molecule has 218 valence electrons. The fraction of sp³-hybridized carbons (Fsp3) is 0. The maximum absolute atomic E-state index is 2.40. The average molecular weight is 637 g/mol. The molecule has 0 N–H and O–H groups in total. The summed E-state index contributed by atoms with van der Waals surface area (Å²) >= 11 is 3.88. The summed E-state index contributed by atoms with van der Waals surface area (Å²) in [6.45, 7) is 0. The number of benzene rings is 7. The van der Waals surface area contributed by atoms with Gasteiger partial charge in [-0.3, -0.25) is 0 Å². The molecule has 0 bridgehead atoms. The molecular weight excluding hydrogens is 607 g/mol. The lowest BCUT2D eigenvalue weighted by molar-refractivity contribution is 1.78. The van der Waals surface area contributed by atoms with Gasteiger partial charge in [0.2, 0.25) is 0 Å². The van der Waals surface area contributed by atoms with Crippen LogP contribution in [0.25, 0.3) is 84.1 Å². The van der Waals surface area contributed by atoms with E-state index in [1.807, 2.05) is 22.7 Å². The SMILES string of the molecule is Bc1c(B)c(B)c2c(-c3cccc4c3sc3ccccc34)c3c(B)c(B)c(B)c(B)c3c(-c3cccc4c3sc3ccccc34)c2c1B. The molecule has 0 nitrogen and oxygen atoms in total. The Morgan fingerprint density at radius 2 is 0.625 bits per heavy atom. The second kappa shape index (κ2) is 10.8. The zero-order chi connectivity index (χ0) is 33.2. The smallest absolute Gasteiger partial charge is 0.135 e. The molecule has 0 amide bonds. The molecule has 0 fully saturated rings. The van der Waals surface area contributed by atoms with Gasteiger partial charge in [-0.15, -0.1) is 44.5 Å². The highest BCUT2D eigenvalue weighted by molar-refractivity contribution is 7.26. The van der Waals surface area contributed by atoms with Gasteiger partial charge in [-0.05, 0) is 44.8 Å². The van der Waals surface area contributed by atoms with Crippen LogP contribution in [0.4, 0.5) is 0 Å². The highest BCUT2D eigenvalue weighted by Crippen LogP contribution is 2.48. The Bertz CT molecular complexity index is 2610. The van der Waals surface area contributed by atoms with E-state index < -0.39 is 0 Å². The van der Waals surface area contributed by atoms with Crippen molar-refractivity contribution in [3.8, 4) is 22.3 Å². The van der Waals surface area contributed by atoms with Crippen LogP contribution in [-0.2, 0) is 0 Å². The number of rotatable bonds is 2. The topological polar surface area (TPSA) is 0 Å². The van der Waals surface area contributed by atoms with Crippen molar-refractivity contribution in [2.24, 2.45) is 0 Å². The summed E-state index contributed by atoms with van der Waals surface area (Å²) in [5.74, 6) is 0. The van der Waals surface area contributed by atoms with Gasteiger partial charge in [-0.1, -0.05) is 94.6 Å². The quantitative estimate of drug-likeness (QED) is 0.154. The molecule has 9 rings (SSSR count). The van der Waals surface area contributed by atoms with Crippen LogP contribution in [0.5, 0.6) is 0 Å². The molecule has 0 unspecified atom stereocenters. The van der Waals surface area contributed by atoms with Gasteiger partial charge in [0.15, 0.2) is 0 Å². The van der Waals surface area contributed by atoms with Gasteiger partial charge in [0.1, 0.15) is 62.8 Å². The Morgan fingerprint density at radius 1 is 0.312 bits per heavy atom. The molecule has 0 aliphatic carbocycles.